The van der Waals surface area contributed by atoms with Crippen LogP contribution in [0.3, 0.4) is 0 Å². The molecule has 1 aromatic rings. The van der Waals surface area contributed by atoms with Gasteiger partial charge in [0.1, 0.15) is 0 Å². The van der Waals surface area contributed by atoms with Crippen molar-refractivity contribution in [3.63, 3.8) is 0 Å². The zero-order chi connectivity index (χ0) is 17.1. The van der Waals surface area contributed by atoms with E-state index in [4.69, 9.17) is 4.98 Å². The van der Waals surface area contributed by atoms with Crippen LogP contribution in [0.4, 0.5) is 5.13 Å². The Morgan fingerprint density at radius 3 is 2.58 bits per heavy atom. The number of nitrogens with zero attached hydrogens (tertiary/aromatic N) is 3. The molecule has 3 rings (SSSR count). The molecule has 2 aliphatic carbocycles. The lowest BCUT2D eigenvalue weighted by Crippen LogP contribution is -2.40. The Balaban J connectivity index is 1.69. The molecule has 1 aromatic heterocycles. The molecule has 2 fully saturated rings. The number of aliphatic hydroxyl groups excluding tert-OH is 1. The van der Waals surface area contributed by atoms with Gasteiger partial charge in [-0.05, 0) is 32.6 Å². The fourth-order valence-electron chi connectivity index (χ4n) is 3.70. The van der Waals surface area contributed by atoms with Gasteiger partial charge in [-0.15, -0.1) is 11.3 Å². The molecule has 0 spiro atoms. The van der Waals surface area contributed by atoms with Crippen LogP contribution in [0.15, 0.2) is 5.38 Å². The topological polar surface area (TPSA) is 56.7 Å². The number of thiazole rings is 1. The number of aromatic nitrogens is 1. The summed E-state index contributed by atoms with van der Waals surface area (Å²) in [6.45, 7) is 4.94. The SMILES string of the molecule is CC(=O)N(c1nc(CN(CC(C)O)C2CCCCC2)cs1)C1CC1. The van der Waals surface area contributed by atoms with Crippen molar-refractivity contribution in [2.45, 2.75) is 83.5 Å². The lowest BCUT2D eigenvalue weighted by atomic mass is 9.94. The second-order valence-electron chi connectivity index (χ2n) is 7.31. The van der Waals surface area contributed by atoms with Crippen LogP contribution in [0.1, 0.15) is 64.5 Å². The van der Waals surface area contributed by atoms with E-state index in [0.717, 1.165) is 30.2 Å². The third kappa shape index (κ3) is 4.55. The van der Waals surface area contributed by atoms with Gasteiger partial charge in [-0.3, -0.25) is 14.6 Å². The minimum absolute atomic E-state index is 0.0894. The van der Waals surface area contributed by atoms with Crippen molar-refractivity contribution < 1.29 is 9.90 Å². The van der Waals surface area contributed by atoms with Gasteiger partial charge in [0, 0.05) is 37.5 Å². The van der Waals surface area contributed by atoms with Crippen LogP contribution in [0.2, 0.25) is 0 Å². The monoisotopic (exact) mass is 351 g/mol. The van der Waals surface area contributed by atoms with Gasteiger partial charge in [-0.1, -0.05) is 19.3 Å². The highest BCUT2D eigenvalue weighted by Gasteiger charge is 2.34. The third-order valence-corrected chi connectivity index (χ3v) is 5.84. The molecule has 0 aliphatic heterocycles. The van der Waals surface area contributed by atoms with Crippen molar-refractivity contribution in [3.05, 3.63) is 11.1 Å². The maximum absolute atomic E-state index is 11.9. The third-order valence-electron chi connectivity index (χ3n) is 4.95. The minimum atomic E-state index is -0.329. The van der Waals surface area contributed by atoms with Crippen LogP contribution in [0.25, 0.3) is 0 Å². The molecule has 1 atom stereocenters. The van der Waals surface area contributed by atoms with Gasteiger partial charge in [-0.25, -0.2) is 4.98 Å². The van der Waals surface area contributed by atoms with Gasteiger partial charge in [0.15, 0.2) is 5.13 Å². The number of hydrogen-bond donors (Lipinski definition) is 1. The molecule has 2 saturated carbocycles. The maximum atomic E-state index is 11.9. The van der Waals surface area contributed by atoms with Crippen molar-refractivity contribution in [2.75, 3.05) is 11.4 Å². The first kappa shape index (κ1) is 17.8. The number of aliphatic hydroxyl groups is 1. The van der Waals surface area contributed by atoms with Crippen molar-refractivity contribution in [1.82, 2.24) is 9.88 Å². The number of anilines is 1. The Labute approximate surface area is 148 Å². The van der Waals surface area contributed by atoms with Gasteiger partial charge in [0.2, 0.25) is 5.91 Å². The summed E-state index contributed by atoms with van der Waals surface area (Å²) >= 11 is 1.57. The summed E-state index contributed by atoms with van der Waals surface area (Å²) in [6, 6.07) is 0.902. The zero-order valence-electron chi connectivity index (χ0n) is 14.8. The average Bonchev–Trinajstić information content (AvgIpc) is 3.26. The molecule has 24 heavy (non-hydrogen) atoms. The van der Waals surface area contributed by atoms with E-state index in [9.17, 15) is 9.90 Å². The highest BCUT2D eigenvalue weighted by atomic mass is 32.1. The predicted molar refractivity (Wildman–Crippen MR) is 97.3 cm³/mol. The van der Waals surface area contributed by atoms with Crippen LogP contribution in [-0.2, 0) is 11.3 Å². The Bertz CT molecular complexity index is 550. The van der Waals surface area contributed by atoms with E-state index in [2.05, 4.69) is 10.3 Å². The van der Waals surface area contributed by atoms with Crippen LogP contribution in [0.5, 0.6) is 0 Å². The largest absolute Gasteiger partial charge is 0.392 e. The summed E-state index contributed by atoms with van der Waals surface area (Å²) in [6.07, 6.45) is 8.16. The molecular formula is C18H29N3O2S. The second kappa shape index (κ2) is 7.93. The highest BCUT2D eigenvalue weighted by Crippen LogP contribution is 2.34. The van der Waals surface area contributed by atoms with Crippen LogP contribution >= 0.6 is 11.3 Å². The van der Waals surface area contributed by atoms with Crippen molar-refractivity contribution in [2.24, 2.45) is 0 Å². The summed E-state index contributed by atoms with van der Waals surface area (Å²) < 4.78 is 0. The molecular weight excluding hydrogens is 322 g/mol. The Morgan fingerprint density at radius 2 is 2.00 bits per heavy atom. The smallest absolute Gasteiger partial charge is 0.225 e. The fraction of sp³-hybridized carbons (Fsp3) is 0.778. The van der Waals surface area contributed by atoms with Crippen molar-refractivity contribution in [3.8, 4) is 0 Å². The highest BCUT2D eigenvalue weighted by molar-refractivity contribution is 7.14. The van der Waals surface area contributed by atoms with E-state index in [-0.39, 0.29) is 12.0 Å². The molecule has 1 heterocycles. The molecule has 0 radical (unpaired) electrons. The van der Waals surface area contributed by atoms with E-state index in [1.54, 1.807) is 18.3 Å². The predicted octanol–water partition coefficient (Wildman–Crippen LogP) is 3.17. The van der Waals surface area contributed by atoms with E-state index in [1.165, 1.54) is 32.1 Å². The maximum Gasteiger partial charge on any atom is 0.225 e. The number of hydrogen-bond acceptors (Lipinski definition) is 5. The standard InChI is InChI=1S/C18H29N3O2S/c1-13(22)10-20(16-6-4-3-5-7-16)11-15-12-24-18(19-15)21(14(2)23)17-8-9-17/h12-13,16-17,22H,3-11H2,1-2H3. The van der Waals surface area contributed by atoms with E-state index in [1.807, 2.05) is 11.8 Å². The normalized spacial score (nSPS) is 20.3. The molecule has 2 aliphatic rings. The molecule has 5 nitrogen and oxygen atoms in total. The molecule has 1 unspecified atom stereocenters. The Hall–Kier alpha value is -0.980. The lowest BCUT2D eigenvalue weighted by molar-refractivity contribution is -0.116. The van der Waals surface area contributed by atoms with E-state index in [0.29, 0.717) is 18.6 Å². The summed E-state index contributed by atoms with van der Waals surface area (Å²) in [4.78, 5) is 20.9. The number of rotatable bonds is 7. The average molecular weight is 352 g/mol. The summed E-state index contributed by atoms with van der Waals surface area (Å²) in [7, 11) is 0. The van der Waals surface area contributed by atoms with Gasteiger partial charge < -0.3 is 5.11 Å². The van der Waals surface area contributed by atoms with Crippen LogP contribution in [0, 0.1) is 0 Å². The number of carbonyl (C=O) groups is 1. The molecule has 6 heteroatoms. The summed E-state index contributed by atoms with van der Waals surface area (Å²) in [5.74, 6) is 0.0894. The number of carbonyl (C=O) groups excluding carboxylic acids is 1. The Morgan fingerprint density at radius 1 is 1.29 bits per heavy atom. The van der Waals surface area contributed by atoms with Gasteiger partial charge >= 0.3 is 0 Å². The first-order valence-electron chi connectivity index (χ1n) is 9.21. The minimum Gasteiger partial charge on any atom is -0.392 e. The quantitative estimate of drug-likeness (QED) is 0.820. The second-order valence-corrected chi connectivity index (χ2v) is 8.15. The number of amides is 1. The van der Waals surface area contributed by atoms with E-state index < -0.39 is 0 Å². The summed E-state index contributed by atoms with van der Waals surface area (Å²) in [5.41, 5.74) is 1.02. The lowest BCUT2D eigenvalue weighted by Gasteiger charge is -2.34. The van der Waals surface area contributed by atoms with Crippen molar-refractivity contribution >= 4 is 22.4 Å². The first-order chi connectivity index (χ1) is 11.5. The first-order valence-corrected chi connectivity index (χ1v) is 10.1. The van der Waals surface area contributed by atoms with Crippen molar-refractivity contribution in [1.29, 1.82) is 0 Å². The Kier molecular flexibility index (Phi) is 5.89. The fourth-order valence-corrected chi connectivity index (χ4v) is 4.63. The van der Waals surface area contributed by atoms with Crippen LogP contribution < -0.4 is 4.90 Å². The molecule has 0 bridgehead atoms. The van der Waals surface area contributed by atoms with Gasteiger partial charge in [-0.2, -0.15) is 0 Å². The molecule has 1 amide bonds. The molecule has 0 aromatic carbocycles. The summed E-state index contributed by atoms with van der Waals surface area (Å²) in [5, 5.41) is 12.8. The molecule has 0 saturated heterocycles. The van der Waals surface area contributed by atoms with Gasteiger partial charge in [0.25, 0.3) is 0 Å². The van der Waals surface area contributed by atoms with Gasteiger partial charge in [0.05, 0.1) is 11.8 Å². The molecule has 134 valence electrons. The van der Waals surface area contributed by atoms with E-state index >= 15 is 0 Å². The molecule has 1 N–H and O–H groups in total. The van der Waals surface area contributed by atoms with Crippen LogP contribution in [-0.4, -0.2) is 45.6 Å². The zero-order valence-corrected chi connectivity index (χ0v) is 15.6.